The van der Waals surface area contributed by atoms with E-state index in [1.807, 2.05) is 0 Å². The molecule has 2 nitrogen and oxygen atoms in total. The number of aromatic nitrogens is 1. The first-order valence-corrected chi connectivity index (χ1v) is 3.29. The fourth-order valence-corrected chi connectivity index (χ4v) is 0.771. The van der Waals surface area contributed by atoms with Crippen LogP contribution in [0.1, 0.15) is 11.4 Å². The highest BCUT2D eigenvalue weighted by Gasteiger charge is 1.97. The third-order valence-electron chi connectivity index (χ3n) is 1.33. The van der Waals surface area contributed by atoms with Crippen molar-refractivity contribution in [1.82, 2.24) is 4.98 Å². The van der Waals surface area contributed by atoms with Crippen molar-refractivity contribution < 1.29 is 4.74 Å². The van der Waals surface area contributed by atoms with Crippen LogP contribution in [0, 0.1) is 24.7 Å². The maximum Gasteiger partial charge on any atom is 0.124 e. The molecule has 1 aromatic rings. The van der Waals surface area contributed by atoms with Crippen LogP contribution in [-0.2, 0) is 0 Å². The van der Waals surface area contributed by atoms with Gasteiger partial charge in [0.1, 0.15) is 17.1 Å². The number of hydrogen-bond acceptors (Lipinski definition) is 2. The summed E-state index contributed by atoms with van der Waals surface area (Å²) < 4.78 is 4.97. The van der Waals surface area contributed by atoms with E-state index >= 15 is 0 Å². The predicted octanol–water partition coefficient (Wildman–Crippen LogP) is 1.05. The third-order valence-corrected chi connectivity index (χ3v) is 1.33. The molecule has 0 spiro atoms. The van der Waals surface area contributed by atoms with Crippen LogP contribution in [-0.4, -0.2) is 12.1 Å². The third kappa shape index (κ3) is 1.56. The minimum Gasteiger partial charge on any atom is -0.497 e. The summed E-state index contributed by atoms with van der Waals surface area (Å²) in [6.07, 6.45) is 10.3. The summed E-state index contributed by atoms with van der Waals surface area (Å²) in [7, 11) is 1.55. The molecule has 0 saturated carbocycles. The Morgan fingerprint density at radius 2 is 1.75 bits per heavy atom. The zero-order valence-corrected chi connectivity index (χ0v) is 6.66. The van der Waals surface area contributed by atoms with Gasteiger partial charge in [0.15, 0.2) is 0 Å². The van der Waals surface area contributed by atoms with Gasteiger partial charge in [0, 0.05) is 12.1 Å². The van der Waals surface area contributed by atoms with Crippen molar-refractivity contribution in [3.63, 3.8) is 0 Å². The van der Waals surface area contributed by atoms with Crippen LogP contribution in [0.15, 0.2) is 12.1 Å². The van der Waals surface area contributed by atoms with Crippen LogP contribution in [0.2, 0.25) is 0 Å². The summed E-state index contributed by atoms with van der Waals surface area (Å²) in [6.45, 7) is 0. The van der Waals surface area contributed by atoms with Crippen LogP contribution in [0.3, 0.4) is 0 Å². The predicted molar refractivity (Wildman–Crippen MR) is 46.7 cm³/mol. The number of nitrogens with zero attached hydrogens (tertiary/aromatic N) is 1. The normalized spacial score (nSPS) is 8.25. The minimum absolute atomic E-state index is 0.488. The molecule has 0 N–H and O–H groups in total. The van der Waals surface area contributed by atoms with Gasteiger partial charge in [-0.15, -0.1) is 12.8 Å². The van der Waals surface area contributed by atoms with Gasteiger partial charge in [0.25, 0.3) is 0 Å². The van der Waals surface area contributed by atoms with E-state index in [9.17, 15) is 0 Å². The molecule has 0 aromatic carbocycles. The Morgan fingerprint density at radius 3 is 2.08 bits per heavy atom. The van der Waals surface area contributed by atoms with Gasteiger partial charge in [-0.1, -0.05) is 11.8 Å². The van der Waals surface area contributed by atoms with E-state index in [1.165, 1.54) is 0 Å². The van der Waals surface area contributed by atoms with Gasteiger partial charge in [-0.3, -0.25) is 0 Å². The molecule has 1 heterocycles. The highest BCUT2D eigenvalue weighted by molar-refractivity contribution is 5.39. The monoisotopic (exact) mass is 157 g/mol. The molecule has 2 heteroatoms. The zero-order valence-electron chi connectivity index (χ0n) is 6.66. The molecule has 0 radical (unpaired) electrons. The molecular formula is C10H7NO. The van der Waals surface area contributed by atoms with Crippen molar-refractivity contribution in [3.8, 4) is 30.4 Å². The van der Waals surface area contributed by atoms with Crippen molar-refractivity contribution in [3.05, 3.63) is 23.5 Å². The Morgan fingerprint density at radius 1 is 1.25 bits per heavy atom. The van der Waals surface area contributed by atoms with Crippen LogP contribution in [0.4, 0.5) is 0 Å². The summed E-state index contributed by atoms with van der Waals surface area (Å²) in [5.41, 5.74) is 0.976. The topological polar surface area (TPSA) is 22.1 Å². The Kier molecular flexibility index (Phi) is 2.35. The van der Waals surface area contributed by atoms with Gasteiger partial charge in [0.2, 0.25) is 0 Å². The minimum atomic E-state index is 0.488. The molecule has 0 fully saturated rings. The molecule has 0 aliphatic heterocycles. The fourth-order valence-electron chi connectivity index (χ4n) is 0.771. The second-order valence-electron chi connectivity index (χ2n) is 2.07. The molecule has 0 atom stereocenters. The van der Waals surface area contributed by atoms with Gasteiger partial charge in [-0.25, -0.2) is 4.98 Å². The second kappa shape index (κ2) is 3.46. The largest absolute Gasteiger partial charge is 0.497 e. The van der Waals surface area contributed by atoms with Gasteiger partial charge in [0.05, 0.1) is 7.11 Å². The van der Waals surface area contributed by atoms with Crippen molar-refractivity contribution in [2.24, 2.45) is 0 Å². The van der Waals surface area contributed by atoms with Gasteiger partial charge in [-0.2, -0.15) is 0 Å². The average Bonchev–Trinajstić information content (AvgIpc) is 2.16. The molecule has 1 aromatic heterocycles. The maximum atomic E-state index is 5.16. The molecule has 12 heavy (non-hydrogen) atoms. The molecule has 0 bridgehead atoms. The van der Waals surface area contributed by atoms with Crippen LogP contribution < -0.4 is 4.74 Å². The number of ether oxygens (including phenoxy) is 1. The lowest BCUT2D eigenvalue weighted by molar-refractivity contribution is 0.414. The lowest BCUT2D eigenvalue weighted by Gasteiger charge is -2.00. The van der Waals surface area contributed by atoms with Crippen molar-refractivity contribution in [2.45, 2.75) is 0 Å². The Labute approximate surface area is 71.6 Å². The number of hydrogen-bond donors (Lipinski definition) is 0. The molecule has 0 amide bonds. The summed E-state index contributed by atoms with van der Waals surface area (Å²) in [6, 6.07) is 3.31. The number of terminal acetylenes is 2. The molecule has 0 aliphatic carbocycles. The smallest absolute Gasteiger partial charge is 0.124 e. The van der Waals surface area contributed by atoms with Crippen molar-refractivity contribution in [1.29, 1.82) is 0 Å². The summed E-state index contributed by atoms with van der Waals surface area (Å²) >= 11 is 0. The Hall–Kier alpha value is -1.93. The average molecular weight is 157 g/mol. The summed E-state index contributed by atoms with van der Waals surface area (Å²) in [5, 5.41) is 0. The highest BCUT2D eigenvalue weighted by Crippen LogP contribution is 2.12. The second-order valence-corrected chi connectivity index (χ2v) is 2.07. The van der Waals surface area contributed by atoms with E-state index in [0.717, 1.165) is 0 Å². The van der Waals surface area contributed by atoms with Crippen molar-refractivity contribution in [2.75, 3.05) is 7.11 Å². The van der Waals surface area contributed by atoms with E-state index in [2.05, 4.69) is 16.8 Å². The molecule has 1 rings (SSSR count). The van der Waals surface area contributed by atoms with E-state index in [-0.39, 0.29) is 0 Å². The first-order chi connectivity index (χ1) is 5.80. The van der Waals surface area contributed by atoms with E-state index in [1.54, 1.807) is 19.2 Å². The molecule has 0 saturated heterocycles. The first kappa shape index (κ1) is 8.17. The molecule has 0 unspecified atom stereocenters. The fraction of sp³-hybridized carbons (Fsp3) is 0.100. The maximum absolute atomic E-state index is 5.16. The molecule has 58 valence electrons. The molecular weight excluding hydrogens is 150 g/mol. The Bertz CT molecular complexity index is 336. The summed E-state index contributed by atoms with van der Waals surface area (Å²) in [4.78, 5) is 3.97. The van der Waals surface area contributed by atoms with Crippen LogP contribution >= 0.6 is 0 Å². The standard InChI is InChI=1S/C10H7NO/c1-4-8-6-10(12-3)7-9(5-2)11-8/h1-2,6-7H,3H3. The number of rotatable bonds is 1. The quantitative estimate of drug-likeness (QED) is 0.568. The van der Waals surface area contributed by atoms with Crippen LogP contribution in [0.25, 0.3) is 0 Å². The SMILES string of the molecule is C#Cc1cc(OC)cc(C#C)n1. The number of methoxy groups -OCH3 is 1. The summed E-state index contributed by atoms with van der Waals surface area (Å²) in [5.74, 6) is 5.41. The van der Waals surface area contributed by atoms with E-state index in [4.69, 9.17) is 17.6 Å². The van der Waals surface area contributed by atoms with Gasteiger partial charge >= 0.3 is 0 Å². The highest BCUT2D eigenvalue weighted by atomic mass is 16.5. The van der Waals surface area contributed by atoms with E-state index in [0.29, 0.717) is 17.1 Å². The van der Waals surface area contributed by atoms with Crippen molar-refractivity contribution >= 4 is 0 Å². The lowest BCUT2D eigenvalue weighted by atomic mass is 10.3. The van der Waals surface area contributed by atoms with E-state index < -0.39 is 0 Å². The van der Waals surface area contributed by atoms with Crippen LogP contribution in [0.5, 0.6) is 5.75 Å². The zero-order chi connectivity index (χ0) is 8.97. The lowest BCUT2D eigenvalue weighted by Crippen LogP contribution is -1.91. The Balaban J connectivity index is 3.24. The molecule has 0 aliphatic rings. The van der Waals surface area contributed by atoms with Gasteiger partial charge < -0.3 is 4.74 Å². The van der Waals surface area contributed by atoms with Gasteiger partial charge in [-0.05, 0) is 0 Å². The first-order valence-electron chi connectivity index (χ1n) is 3.29. The number of pyridine rings is 1.